The van der Waals surface area contributed by atoms with Gasteiger partial charge in [-0.3, -0.25) is 0 Å². The number of hydrogen-bond acceptors (Lipinski definition) is 5. The molecule has 106 valence electrons. The first-order valence-corrected chi connectivity index (χ1v) is 5.79. The lowest BCUT2D eigenvalue weighted by Gasteiger charge is -2.00. The Labute approximate surface area is 118 Å². The van der Waals surface area contributed by atoms with Crippen molar-refractivity contribution in [1.29, 1.82) is 0 Å². The van der Waals surface area contributed by atoms with Crippen molar-refractivity contribution in [3.05, 3.63) is 53.6 Å². The lowest BCUT2D eigenvalue weighted by molar-refractivity contribution is 0.0684. The van der Waals surface area contributed by atoms with Gasteiger partial charge in [-0.15, -0.1) is 0 Å². The van der Waals surface area contributed by atoms with E-state index < -0.39 is 11.9 Å². The lowest BCUT2D eigenvalue weighted by atomic mass is 10.2. The summed E-state index contributed by atoms with van der Waals surface area (Å²) in [5.41, 5.74) is 0.539. The van der Waals surface area contributed by atoms with E-state index >= 15 is 0 Å². The predicted molar refractivity (Wildman–Crippen MR) is 72.6 cm³/mol. The highest BCUT2D eigenvalue weighted by Crippen LogP contribution is 2.25. The van der Waals surface area contributed by atoms with Gasteiger partial charge in [-0.05, 0) is 42.5 Å². The standard InChI is InChI=1S/C14H10N2O5/c17-12-6-5-10(7-11(12)14(20)21)16-15-9-3-1-8(2-4-9)13(18)19/h1-7,17H,(H,18,19)(H,20,21)/b16-15+. The monoisotopic (exact) mass is 286 g/mol. The molecule has 0 spiro atoms. The van der Waals surface area contributed by atoms with Gasteiger partial charge in [0, 0.05) is 0 Å². The summed E-state index contributed by atoms with van der Waals surface area (Å²) in [6, 6.07) is 9.54. The van der Waals surface area contributed by atoms with Crippen molar-refractivity contribution in [2.45, 2.75) is 0 Å². The van der Waals surface area contributed by atoms with E-state index in [-0.39, 0.29) is 22.6 Å². The van der Waals surface area contributed by atoms with Crippen LogP contribution in [0.5, 0.6) is 5.75 Å². The van der Waals surface area contributed by atoms with Gasteiger partial charge >= 0.3 is 11.9 Å². The summed E-state index contributed by atoms with van der Waals surface area (Å²) in [4.78, 5) is 21.6. The van der Waals surface area contributed by atoms with Crippen LogP contribution >= 0.6 is 0 Å². The molecule has 0 amide bonds. The largest absolute Gasteiger partial charge is 0.507 e. The van der Waals surface area contributed by atoms with Gasteiger partial charge < -0.3 is 15.3 Å². The van der Waals surface area contributed by atoms with Crippen LogP contribution in [-0.2, 0) is 0 Å². The van der Waals surface area contributed by atoms with E-state index in [1.807, 2.05) is 0 Å². The Morgan fingerprint density at radius 2 is 1.38 bits per heavy atom. The third-order valence-electron chi connectivity index (χ3n) is 2.61. The number of azo groups is 1. The van der Waals surface area contributed by atoms with E-state index in [2.05, 4.69) is 10.2 Å². The molecule has 2 aromatic rings. The van der Waals surface area contributed by atoms with E-state index in [0.29, 0.717) is 5.69 Å². The van der Waals surface area contributed by atoms with Crippen molar-refractivity contribution in [3.8, 4) is 5.75 Å². The van der Waals surface area contributed by atoms with Gasteiger partial charge in [0.1, 0.15) is 11.3 Å². The molecule has 0 aliphatic rings. The average Bonchev–Trinajstić information content (AvgIpc) is 2.46. The molecule has 7 heteroatoms. The highest BCUT2D eigenvalue weighted by molar-refractivity contribution is 5.91. The van der Waals surface area contributed by atoms with Crippen LogP contribution in [-0.4, -0.2) is 27.3 Å². The highest BCUT2D eigenvalue weighted by atomic mass is 16.4. The average molecular weight is 286 g/mol. The second-order valence-corrected chi connectivity index (χ2v) is 4.06. The van der Waals surface area contributed by atoms with E-state index in [0.717, 1.165) is 0 Å². The summed E-state index contributed by atoms with van der Waals surface area (Å²) >= 11 is 0. The Morgan fingerprint density at radius 3 is 1.95 bits per heavy atom. The Kier molecular flexibility index (Phi) is 3.94. The lowest BCUT2D eigenvalue weighted by Crippen LogP contribution is -1.95. The maximum Gasteiger partial charge on any atom is 0.339 e. The van der Waals surface area contributed by atoms with Crippen LogP contribution < -0.4 is 0 Å². The third-order valence-corrected chi connectivity index (χ3v) is 2.61. The fourth-order valence-corrected chi connectivity index (χ4v) is 1.54. The molecule has 0 bridgehead atoms. The molecular formula is C14H10N2O5. The van der Waals surface area contributed by atoms with Gasteiger partial charge in [-0.1, -0.05) is 0 Å². The highest BCUT2D eigenvalue weighted by Gasteiger charge is 2.09. The Morgan fingerprint density at radius 1 is 0.810 bits per heavy atom. The van der Waals surface area contributed by atoms with Crippen LogP contribution in [0, 0.1) is 0 Å². The third kappa shape index (κ3) is 3.41. The van der Waals surface area contributed by atoms with E-state index in [9.17, 15) is 14.7 Å². The van der Waals surface area contributed by atoms with Crippen LogP contribution in [0.15, 0.2) is 52.7 Å². The van der Waals surface area contributed by atoms with Crippen molar-refractivity contribution in [1.82, 2.24) is 0 Å². The number of carboxylic acids is 2. The molecule has 3 N–H and O–H groups in total. The number of hydrogen-bond donors (Lipinski definition) is 3. The molecule has 0 aliphatic carbocycles. The predicted octanol–water partition coefficient (Wildman–Crippen LogP) is 3.20. The summed E-state index contributed by atoms with van der Waals surface area (Å²) in [5.74, 6) is -2.66. The molecule has 21 heavy (non-hydrogen) atoms. The molecule has 2 aromatic carbocycles. The molecule has 0 radical (unpaired) electrons. The number of carboxylic acid groups (broad SMARTS) is 2. The molecule has 7 nitrogen and oxygen atoms in total. The second kappa shape index (κ2) is 5.83. The molecule has 0 heterocycles. The minimum Gasteiger partial charge on any atom is -0.507 e. The zero-order valence-corrected chi connectivity index (χ0v) is 10.6. The number of benzene rings is 2. The van der Waals surface area contributed by atoms with E-state index in [1.54, 1.807) is 0 Å². The molecule has 2 rings (SSSR count). The van der Waals surface area contributed by atoms with Gasteiger partial charge in [0.15, 0.2) is 0 Å². The fraction of sp³-hybridized carbons (Fsp3) is 0. The van der Waals surface area contributed by atoms with Crippen molar-refractivity contribution in [2.24, 2.45) is 10.2 Å². The van der Waals surface area contributed by atoms with Crippen LogP contribution in [0.3, 0.4) is 0 Å². The van der Waals surface area contributed by atoms with Crippen molar-refractivity contribution in [2.75, 3.05) is 0 Å². The number of carbonyl (C=O) groups is 2. The van der Waals surface area contributed by atoms with Crippen LogP contribution in [0.25, 0.3) is 0 Å². The number of aromatic carboxylic acids is 2. The molecule has 0 saturated heterocycles. The van der Waals surface area contributed by atoms with Gasteiger partial charge in [0.25, 0.3) is 0 Å². The minimum atomic E-state index is -1.27. The smallest absolute Gasteiger partial charge is 0.339 e. The topological polar surface area (TPSA) is 120 Å². The van der Waals surface area contributed by atoms with Gasteiger partial charge in [0.05, 0.1) is 16.9 Å². The minimum absolute atomic E-state index is 0.131. The van der Waals surface area contributed by atoms with Gasteiger partial charge in [-0.25, -0.2) is 9.59 Å². The second-order valence-electron chi connectivity index (χ2n) is 4.06. The SMILES string of the molecule is O=C(O)c1ccc(/N=N/c2ccc(O)c(C(=O)O)c2)cc1. The van der Waals surface area contributed by atoms with E-state index in [4.69, 9.17) is 10.2 Å². The summed E-state index contributed by atoms with van der Waals surface area (Å²) in [6.07, 6.45) is 0. The number of phenols is 1. The molecular weight excluding hydrogens is 276 g/mol. The maximum absolute atomic E-state index is 10.9. The first-order chi connectivity index (χ1) is 9.97. The normalized spacial score (nSPS) is 10.7. The number of aromatic hydroxyl groups is 1. The van der Waals surface area contributed by atoms with Crippen LogP contribution in [0.4, 0.5) is 11.4 Å². The summed E-state index contributed by atoms with van der Waals surface area (Å²) in [7, 11) is 0. The summed E-state index contributed by atoms with van der Waals surface area (Å²) in [6.45, 7) is 0. The molecule has 0 unspecified atom stereocenters. The van der Waals surface area contributed by atoms with Crippen molar-refractivity contribution in [3.63, 3.8) is 0 Å². The first-order valence-electron chi connectivity index (χ1n) is 5.79. The molecule has 0 aromatic heterocycles. The zero-order valence-electron chi connectivity index (χ0n) is 10.6. The number of rotatable bonds is 4. The van der Waals surface area contributed by atoms with Crippen LogP contribution in [0.1, 0.15) is 20.7 Å². The van der Waals surface area contributed by atoms with Crippen LogP contribution in [0.2, 0.25) is 0 Å². The first kappa shape index (κ1) is 14.2. The van der Waals surface area contributed by atoms with Crippen molar-refractivity contribution < 1.29 is 24.9 Å². The molecule has 0 fully saturated rings. The zero-order chi connectivity index (χ0) is 15.4. The van der Waals surface area contributed by atoms with Gasteiger partial charge in [0.2, 0.25) is 0 Å². The fourth-order valence-electron chi connectivity index (χ4n) is 1.54. The number of nitrogens with zero attached hydrogens (tertiary/aromatic N) is 2. The molecule has 0 atom stereocenters. The quantitative estimate of drug-likeness (QED) is 0.745. The molecule has 0 aliphatic heterocycles. The Balaban J connectivity index is 2.23. The Bertz CT molecular complexity index is 723. The molecule has 0 saturated carbocycles. The summed E-state index contributed by atoms with van der Waals surface area (Å²) < 4.78 is 0. The van der Waals surface area contributed by atoms with E-state index in [1.165, 1.54) is 42.5 Å². The maximum atomic E-state index is 10.9. The summed E-state index contributed by atoms with van der Waals surface area (Å²) in [5, 5.41) is 34.7. The van der Waals surface area contributed by atoms with Gasteiger partial charge in [-0.2, -0.15) is 10.2 Å². The van der Waals surface area contributed by atoms with Crippen molar-refractivity contribution >= 4 is 23.3 Å². The Hall–Kier alpha value is -3.22.